The average Bonchev–Trinajstić information content (AvgIpc) is 2.48. The van der Waals surface area contributed by atoms with Gasteiger partial charge in [0, 0.05) is 12.2 Å². The van der Waals surface area contributed by atoms with Gasteiger partial charge >= 0.3 is 12.0 Å². The number of carboxylic acids is 1. The number of urea groups is 1. The van der Waals surface area contributed by atoms with Crippen LogP contribution in [0.4, 0.5) is 10.5 Å². The first-order valence-electron chi connectivity index (χ1n) is 6.44. The third-order valence-corrected chi connectivity index (χ3v) is 2.76. The van der Waals surface area contributed by atoms with Crippen LogP contribution in [0.25, 0.3) is 0 Å². The van der Waals surface area contributed by atoms with Crippen molar-refractivity contribution in [1.29, 1.82) is 5.26 Å². The molecule has 0 fully saturated rings. The number of amides is 2. The maximum Gasteiger partial charge on any atom is 0.326 e. The highest BCUT2D eigenvalue weighted by atomic mass is 16.4. The lowest BCUT2D eigenvalue weighted by atomic mass is 10.2. The first-order valence-corrected chi connectivity index (χ1v) is 6.44. The van der Waals surface area contributed by atoms with Crippen LogP contribution in [0.5, 0.6) is 0 Å². The average molecular weight is 287 g/mol. The SMILES string of the molecule is C=CCC(NC(=O)N(CCC#N)c1ccccc1)C(=O)O. The molecule has 2 amide bonds. The fourth-order valence-corrected chi connectivity index (χ4v) is 1.73. The minimum Gasteiger partial charge on any atom is -0.480 e. The maximum absolute atomic E-state index is 12.2. The van der Waals surface area contributed by atoms with Gasteiger partial charge in [-0.3, -0.25) is 4.90 Å². The zero-order valence-corrected chi connectivity index (χ0v) is 11.5. The largest absolute Gasteiger partial charge is 0.480 e. The second kappa shape index (κ2) is 8.38. The minimum absolute atomic E-state index is 0.127. The number of hydrogen-bond acceptors (Lipinski definition) is 3. The molecule has 0 saturated carbocycles. The number of carboxylic acid groups (broad SMARTS) is 1. The van der Waals surface area contributed by atoms with E-state index in [0.29, 0.717) is 5.69 Å². The summed E-state index contributed by atoms with van der Waals surface area (Å²) in [6.07, 6.45) is 1.71. The van der Waals surface area contributed by atoms with Crippen LogP contribution >= 0.6 is 0 Å². The Bertz CT molecular complexity index is 537. The van der Waals surface area contributed by atoms with Crippen molar-refractivity contribution in [2.75, 3.05) is 11.4 Å². The Morgan fingerprint density at radius 2 is 2.10 bits per heavy atom. The van der Waals surface area contributed by atoms with Crippen molar-refractivity contribution in [3.63, 3.8) is 0 Å². The molecule has 0 aromatic heterocycles. The van der Waals surface area contributed by atoms with Crippen molar-refractivity contribution in [2.45, 2.75) is 18.9 Å². The molecule has 0 heterocycles. The van der Waals surface area contributed by atoms with Gasteiger partial charge in [0.2, 0.25) is 0 Å². The quantitative estimate of drug-likeness (QED) is 0.751. The molecule has 6 heteroatoms. The topological polar surface area (TPSA) is 93.4 Å². The molecular formula is C15H17N3O3. The summed E-state index contributed by atoms with van der Waals surface area (Å²) in [4.78, 5) is 24.7. The van der Waals surface area contributed by atoms with Gasteiger partial charge in [-0.2, -0.15) is 5.26 Å². The van der Waals surface area contributed by atoms with Gasteiger partial charge in [-0.05, 0) is 18.6 Å². The van der Waals surface area contributed by atoms with Gasteiger partial charge < -0.3 is 10.4 Å². The third kappa shape index (κ3) is 4.99. The van der Waals surface area contributed by atoms with Gasteiger partial charge in [-0.15, -0.1) is 6.58 Å². The number of anilines is 1. The summed E-state index contributed by atoms with van der Waals surface area (Å²) in [7, 11) is 0. The van der Waals surface area contributed by atoms with Crippen molar-refractivity contribution in [2.24, 2.45) is 0 Å². The van der Waals surface area contributed by atoms with Crippen LogP contribution in [-0.4, -0.2) is 29.7 Å². The standard InChI is InChI=1S/C15H17N3O3/c1-2-7-13(14(19)20)17-15(21)18(11-6-10-16)12-8-4-3-5-9-12/h2-5,8-9,13H,1,6-7,11H2,(H,17,21)(H,19,20). The first kappa shape index (κ1) is 16.2. The van der Waals surface area contributed by atoms with Crippen molar-refractivity contribution in [3.8, 4) is 6.07 Å². The Hall–Kier alpha value is -2.81. The van der Waals surface area contributed by atoms with E-state index in [-0.39, 0.29) is 19.4 Å². The number of aliphatic carboxylic acids is 1. The highest BCUT2D eigenvalue weighted by Crippen LogP contribution is 2.14. The van der Waals surface area contributed by atoms with Gasteiger partial charge in [0.15, 0.2) is 0 Å². The van der Waals surface area contributed by atoms with Gasteiger partial charge in [-0.25, -0.2) is 9.59 Å². The Morgan fingerprint density at radius 3 is 2.62 bits per heavy atom. The Labute approximate surface area is 123 Å². The van der Waals surface area contributed by atoms with Crippen LogP contribution in [0.1, 0.15) is 12.8 Å². The molecule has 0 radical (unpaired) electrons. The van der Waals surface area contributed by atoms with Crippen LogP contribution in [0, 0.1) is 11.3 Å². The van der Waals surface area contributed by atoms with E-state index >= 15 is 0 Å². The third-order valence-electron chi connectivity index (χ3n) is 2.76. The number of rotatable bonds is 7. The Balaban J connectivity index is 2.87. The molecular weight excluding hydrogens is 270 g/mol. The number of nitrogens with zero attached hydrogens (tertiary/aromatic N) is 2. The summed E-state index contributed by atoms with van der Waals surface area (Å²) in [5, 5.41) is 20.2. The molecule has 0 bridgehead atoms. The summed E-state index contributed by atoms with van der Waals surface area (Å²) < 4.78 is 0. The predicted octanol–water partition coefficient (Wildman–Crippen LogP) is 2.15. The molecule has 110 valence electrons. The smallest absolute Gasteiger partial charge is 0.326 e. The second-order valence-electron chi connectivity index (χ2n) is 4.26. The van der Waals surface area contributed by atoms with Gasteiger partial charge in [0.1, 0.15) is 6.04 Å². The Kier molecular flexibility index (Phi) is 6.48. The van der Waals surface area contributed by atoms with Crippen LogP contribution in [-0.2, 0) is 4.79 Å². The van der Waals surface area contributed by atoms with Gasteiger partial charge in [-0.1, -0.05) is 24.3 Å². The minimum atomic E-state index is -1.13. The molecule has 1 atom stereocenters. The summed E-state index contributed by atoms with van der Waals surface area (Å²) in [6, 6.07) is 9.16. The summed E-state index contributed by atoms with van der Waals surface area (Å²) in [5.41, 5.74) is 0.605. The van der Waals surface area contributed by atoms with Crippen molar-refractivity contribution >= 4 is 17.7 Å². The lowest BCUT2D eigenvalue weighted by molar-refractivity contribution is -0.139. The number of nitrogens with one attached hydrogen (secondary N) is 1. The van der Waals surface area contributed by atoms with Crippen LogP contribution < -0.4 is 10.2 Å². The highest BCUT2D eigenvalue weighted by molar-refractivity contribution is 5.94. The number of para-hydroxylation sites is 1. The molecule has 0 aliphatic heterocycles. The second-order valence-corrected chi connectivity index (χ2v) is 4.26. The molecule has 1 rings (SSSR count). The number of carbonyl (C=O) groups excluding carboxylic acids is 1. The van der Waals surface area contributed by atoms with E-state index in [1.807, 2.05) is 12.1 Å². The van der Waals surface area contributed by atoms with Crippen molar-refractivity contribution in [3.05, 3.63) is 43.0 Å². The predicted molar refractivity (Wildman–Crippen MR) is 78.8 cm³/mol. The molecule has 0 aliphatic rings. The van der Waals surface area contributed by atoms with E-state index in [2.05, 4.69) is 11.9 Å². The van der Waals surface area contributed by atoms with E-state index in [9.17, 15) is 9.59 Å². The van der Waals surface area contributed by atoms with Crippen LogP contribution in [0.3, 0.4) is 0 Å². The van der Waals surface area contributed by atoms with E-state index in [1.165, 1.54) is 11.0 Å². The molecule has 0 aliphatic carbocycles. The lowest BCUT2D eigenvalue weighted by Crippen LogP contribution is -2.48. The van der Waals surface area contributed by atoms with Crippen LogP contribution in [0.15, 0.2) is 43.0 Å². The summed E-state index contributed by atoms with van der Waals surface area (Å²) >= 11 is 0. The fraction of sp³-hybridized carbons (Fsp3) is 0.267. The number of carbonyl (C=O) groups is 2. The normalized spacial score (nSPS) is 11.0. The zero-order valence-electron chi connectivity index (χ0n) is 11.5. The van der Waals surface area contributed by atoms with E-state index in [4.69, 9.17) is 10.4 Å². The highest BCUT2D eigenvalue weighted by Gasteiger charge is 2.22. The molecule has 0 spiro atoms. The zero-order chi connectivity index (χ0) is 15.7. The molecule has 6 nitrogen and oxygen atoms in total. The van der Waals surface area contributed by atoms with E-state index < -0.39 is 18.0 Å². The lowest BCUT2D eigenvalue weighted by Gasteiger charge is -2.24. The van der Waals surface area contributed by atoms with Gasteiger partial charge in [0.05, 0.1) is 12.5 Å². The van der Waals surface area contributed by atoms with Crippen molar-refractivity contribution in [1.82, 2.24) is 5.32 Å². The molecule has 2 N–H and O–H groups in total. The molecule has 1 aromatic carbocycles. The summed E-state index contributed by atoms with van der Waals surface area (Å²) in [5.74, 6) is -1.13. The molecule has 1 unspecified atom stereocenters. The number of nitriles is 1. The van der Waals surface area contributed by atoms with Gasteiger partial charge in [0.25, 0.3) is 0 Å². The number of benzene rings is 1. The van der Waals surface area contributed by atoms with Crippen LogP contribution in [0.2, 0.25) is 0 Å². The Morgan fingerprint density at radius 1 is 1.43 bits per heavy atom. The molecule has 1 aromatic rings. The first-order chi connectivity index (χ1) is 10.1. The summed E-state index contributed by atoms with van der Waals surface area (Å²) in [6.45, 7) is 3.66. The number of hydrogen-bond donors (Lipinski definition) is 2. The van der Waals surface area contributed by atoms with E-state index in [1.54, 1.807) is 24.3 Å². The molecule has 0 saturated heterocycles. The maximum atomic E-state index is 12.2. The molecule has 21 heavy (non-hydrogen) atoms. The monoisotopic (exact) mass is 287 g/mol. The van der Waals surface area contributed by atoms with E-state index in [0.717, 1.165) is 0 Å². The fourth-order valence-electron chi connectivity index (χ4n) is 1.73. The van der Waals surface area contributed by atoms with Crippen molar-refractivity contribution < 1.29 is 14.7 Å².